The Labute approximate surface area is 132 Å². The predicted molar refractivity (Wildman–Crippen MR) is 84.4 cm³/mol. The monoisotopic (exact) mass is 309 g/mol. The lowest BCUT2D eigenvalue weighted by Crippen LogP contribution is -2.21. The molecule has 4 heterocycles. The average Bonchev–Trinajstić information content (AvgIpc) is 3.25. The van der Waals surface area contributed by atoms with E-state index in [-0.39, 0.29) is 5.91 Å². The van der Waals surface area contributed by atoms with E-state index in [1.807, 2.05) is 12.1 Å². The molecule has 1 aliphatic rings. The smallest absolute Gasteiger partial charge is 0.277 e. The number of carbonyl (C=O) groups is 1. The summed E-state index contributed by atoms with van der Waals surface area (Å²) in [6.07, 6.45) is 6.82. The maximum atomic E-state index is 12.4. The van der Waals surface area contributed by atoms with Crippen LogP contribution in [0.2, 0.25) is 0 Å². The first-order chi connectivity index (χ1) is 11.3. The van der Waals surface area contributed by atoms with Gasteiger partial charge in [0.25, 0.3) is 5.91 Å². The molecule has 0 radical (unpaired) electrons. The second kappa shape index (κ2) is 5.64. The van der Waals surface area contributed by atoms with Crippen LogP contribution in [0, 0.1) is 0 Å². The van der Waals surface area contributed by atoms with E-state index in [1.54, 1.807) is 16.8 Å². The number of fused-ring (bicyclic) bond motifs is 1. The van der Waals surface area contributed by atoms with Gasteiger partial charge in [0.1, 0.15) is 18.0 Å². The number of hydrogen-bond acceptors (Lipinski definition) is 6. The second-order valence-corrected chi connectivity index (χ2v) is 5.35. The van der Waals surface area contributed by atoms with Gasteiger partial charge in [-0.15, -0.1) is 5.10 Å². The first kappa shape index (κ1) is 13.6. The van der Waals surface area contributed by atoms with Crippen molar-refractivity contribution >= 4 is 23.2 Å². The molecule has 1 aliphatic heterocycles. The Morgan fingerprint density at radius 1 is 1.13 bits per heavy atom. The van der Waals surface area contributed by atoms with Crippen LogP contribution >= 0.6 is 0 Å². The molecule has 1 amide bonds. The van der Waals surface area contributed by atoms with Crippen molar-refractivity contribution in [1.82, 2.24) is 24.6 Å². The number of hydrogen-bond donors (Lipinski definition) is 1. The van der Waals surface area contributed by atoms with E-state index in [0.29, 0.717) is 17.2 Å². The zero-order valence-corrected chi connectivity index (χ0v) is 12.4. The molecule has 3 aromatic heterocycles. The van der Waals surface area contributed by atoms with Gasteiger partial charge in [0, 0.05) is 19.3 Å². The van der Waals surface area contributed by atoms with Gasteiger partial charge in [0.05, 0.1) is 6.20 Å². The SMILES string of the molecule is O=C(Nc1ccncn1)c1cnc2ccc(N3CCCC3)nn12. The minimum absolute atomic E-state index is 0.303. The lowest BCUT2D eigenvalue weighted by Gasteiger charge is -2.16. The number of carbonyl (C=O) groups excluding carboxylic acids is 1. The Bertz CT molecular complexity index is 839. The fraction of sp³-hybridized carbons (Fsp3) is 0.267. The Morgan fingerprint density at radius 2 is 2.00 bits per heavy atom. The fourth-order valence-electron chi connectivity index (χ4n) is 2.68. The standard InChI is InChI=1S/C15H15N7O/c23-15(19-12-5-6-16-10-18-12)11-9-17-13-3-4-14(20-22(11)13)21-7-1-2-8-21/h3-6,9-10H,1-2,7-8H2,(H,16,18,19,23). The highest BCUT2D eigenvalue weighted by Gasteiger charge is 2.17. The van der Waals surface area contributed by atoms with Crippen molar-refractivity contribution in [3.8, 4) is 0 Å². The summed E-state index contributed by atoms with van der Waals surface area (Å²) >= 11 is 0. The van der Waals surface area contributed by atoms with E-state index in [0.717, 1.165) is 18.9 Å². The van der Waals surface area contributed by atoms with E-state index in [2.05, 4.69) is 30.3 Å². The molecule has 1 saturated heterocycles. The largest absolute Gasteiger partial charge is 0.355 e. The van der Waals surface area contributed by atoms with Crippen LogP contribution in [0.4, 0.5) is 11.6 Å². The molecule has 4 rings (SSSR count). The van der Waals surface area contributed by atoms with Gasteiger partial charge in [-0.2, -0.15) is 0 Å². The zero-order chi connectivity index (χ0) is 15.6. The highest BCUT2D eigenvalue weighted by atomic mass is 16.2. The summed E-state index contributed by atoms with van der Waals surface area (Å²) in [5, 5.41) is 7.29. The summed E-state index contributed by atoms with van der Waals surface area (Å²) < 4.78 is 1.57. The van der Waals surface area contributed by atoms with Gasteiger partial charge >= 0.3 is 0 Å². The van der Waals surface area contributed by atoms with Gasteiger partial charge in [-0.05, 0) is 31.0 Å². The van der Waals surface area contributed by atoms with E-state index in [4.69, 9.17) is 0 Å². The van der Waals surface area contributed by atoms with Gasteiger partial charge in [0.15, 0.2) is 11.3 Å². The maximum Gasteiger partial charge on any atom is 0.277 e. The quantitative estimate of drug-likeness (QED) is 0.786. The molecule has 8 nitrogen and oxygen atoms in total. The minimum atomic E-state index is -0.303. The molecule has 0 aromatic carbocycles. The molecule has 0 spiro atoms. The summed E-state index contributed by atoms with van der Waals surface area (Å²) in [5.41, 5.74) is 1.01. The number of anilines is 2. The molecular formula is C15H15N7O. The Hall–Kier alpha value is -3.03. The summed E-state index contributed by atoms with van der Waals surface area (Å²) in [5.74, 6) is 1.00. The molecule has 0 atom stereocenters. The van der Waals surface area contributed by atoms with Crippen LogP contribution in [0.5, 0.6) is 0 Å². The van der Waals surface area contributed by atoms with Gasteiger partial charge in [-0.1, -0.05) is 0 Å². The van der Waals surface area contributed by atoms with Crippen molar-refractivity contribution in [3.63, 3.8) is 0 Å². The molecule has 3 aromatic rings. The lowest BCUT2D eigenvalue weighted by atomic mass is 10.4. The average molecular weight is 309 g/mol. The number of imidazole rings is 1. The van der Waals surface area contributed by atoms with Crippen LogP contribution in [0.3, 0.4) is 0 Å². The first-order valence-electron chi connectivity index (χ1n) is 7.48. The highest BCUT2D eigenvalue weighted by Crippen LogP contribution is 2.18. The molecule has 1 N–H and O–H groups in total. The van der Waals surface area contributed by atoms with Gasteiger partial charge in [0.2, 0.25) is 0 Å². The van der Waals surface area contributed by atoms with E-state index in [9.17, 15) is 4.79 Å². The van der Waals surface area contributed by atoms with Crippen LogP contribution in [0.25, 0.3) is 5.65 Å². The fourth-order valence-corrected chi connectivity index (χ4v) is 2.68. The maximum absolute atomic E-state index is 12.4. The van der Waals surface area contributed by atoms with E-state index < -0.39 is 0 Å². The van der Waals surface area contributed by atoms with Crippen LogP contribution in [-0.2, 0) is 0 Å². The van der Waals surface area contributed by atoms with Gasteiger partial charge in [-0.25, -0.2) is 19.5 Å². The summed E-state index contributed by atoms with van der Waals surface area (Å²) in [4.78, 5) is 26.7. The van der Waals surface area contributed by atoms with Crippen LogP contribution < -0.4 is 10.2 Å². The van der Waals surface area contributed by atoms with Crippen LogP contribution in [0.1, 0.15) is 23.3 Å². The number of aromatic nitrogens is 5. The summed E-state index contributed by atoms with van der Waals surface area (Å²) in [7, 11) is 0. The van der Waals surface area contributed by atoms with Crippen molar-refractivity contribution in [1.29, 1.82) is 0 Å². The van der Waals surface area contributed by atoms with Crippen molar-refractivity contribution in [2.75, 3.05) is 23.3 Å². The van der Waals surface area contributed by atoms with E-state index in [1.165, 1.54) is 25.4 Å². The first-order valence-corrected chi connectivity index (χ1v) is 7.48. The van der Waals surface area contributed by atoms with Gasteiger partial charge in [-0.3, -0.25) is 4.79 Å². The molecule has 23 heavy (non-hydrogen) atoms. The molecule has 8 heteroatoms. The number of rotatable bonds is 3. The van der Waals surface area contributed by atoms with Gasteiger partial charge < -0.3 is 10.2 Å². The van der Waals surface area contributed by atoms with Crippen molar-refractivity contribution in [2.45, 2.75) is 12.8 Å². The number of nitrogens with zero attached hydrogens (tertiary/aromatic N) is 6. The highest BCUT2D eigenvalue weighted by molar-refractivity contribution is 6.02. The summed E-state index contributed by atoms with van der Waals surface area (Å²) in [6, 6.07) is 5.45. The molecule has 0 unspecified atom stereocenters. The van der Waals surface area contributed by atoms with Crippen LogP contribution in [-0.4, -0.2) is 43.6 Å². The normalized spacial score (nSPS) is 14.3. The molecule has 0 bridgehead atoms. The van der Waals surface area contributed by atoms with E-state index >= 15 is 0 Å². The molecule has 0 saturated carbocycles. The summed E-state index contributed by atoms with van der Waals surface area (Å²) in [6.45, 7) is 1.99. The number of nitrogens with one attached hydrogen (secondary N) is 1. The zero-order valence-electron chi connectivity index (χ0n) is 12.4. The Balaban J connectivity index is 1.66. The molecular weight excluding hydrogens is 294 g/mol. The van der Waals surface area contributed by atoms with Crippen molar-refractivity contribution < 1.29 is 4.79 Å². The van der Waals surface area contributed by atoms with Crippen molar-refractivity contribution in [2.24, 2.45) is 0 Å². The topological polar surface area (TPSA) is 88.3 Å². The van der Waals surface area contributed by atoms with Crippen molar-refractivity contribution in [3.05, 3.63) is 42.6 Å². The number of amides is 1. The third kappa shape index (κ3) is 2.59. The predicted octanol–water partition coefficient (Wildman–Crippen LogP) is 1.37. The third-order valence-corrected chi connectivity index (χ3v) is 3.83. The molecule has 0 aliphatic carbocycles. The third-order valence-electron chi connectivity index (χ3n) is 3.83. The Kier molecular flexibility index (Phi) is 3.34. The second-order valence-electron chi connectivity index (χ2n) is 5.35. The molecule has 1 fully saturated rings. The van der Waals surface area contributed by atoms with Crippen LogP contribution in [0.15, 0.2) is 36.9 Å². The minimum Gasteiger partial charge on any atom is -0.355 e. The lowest BCUT2D eigenvalue weighted by molar-refractivity contribution is 0.102. The molecule has 116 valence electrons. The Morgan fingerprint density at radius 3 is 2.78 bits per heavy atom.